The summed E-state index contributed by atoms with van der Waals surface area (Å²) in [5.74, 6) is 1.74. The SMILES string of the molecule is Cc1ccc(Oc2ccc(CNC3CC3)c(Br)c2)cc1C. The van der Waals surface area contributed by atoms with E-state index in [0.29, 0.717) is 0 Å². The minimum atomic E-state index is 0.725. The molecule has 110 valence electrons. The molecule has 0 spiro atoms. The summed E-state index contributed by atoms with van der Waals surface area (Å²) in [5.41, 5.74) is 3.80. The average Bonchev–Trinajstić information content (AvgIpc) is 3.26. The fourth-order valence-electron chi connectivity index (χ4n) is 2.19. The maximum atomic E-state index is 5.94. The van der Waals surface area contributed by atoms with Gasteiger partial charge in [-0.05, 0) is 67.6 Å². The predicted molar refractivity (Wildman–Crippen MR) is 90.0 cm³/mol. The summed E-state index contributed by atoms with van der Waals surface area (Å²) in [6, 6.07) is 13.1. The van der Waals surface area contributed by atoms with Gasteiger partial charge in [-0.2, -0.15) is 0 Å². The topological polar surface area (TPSA) is 21.3 Å². The van der Waals surface area contributed by atoms with Crippen LogP contribution in [0.25, 0.3) is 0 Å². The molecule has 1 saturated carbocycles. The molecule has 1 N–H and O–H groups in total. The van der Waals surface area contributed by atoms with Crippen LogP contribution in [-0.2, 0) is 6.54 Å². The summed E-state index contributed by atoms with van der Waals surface area (Å²) in [6.07, 6.45) is 2.62. The number of ether oxygens (including phenoxy) is 1. The van der Waals surface area contributed by atoms with Crippen molar-refractivity contribution < 1.29 is 4.74 Å². The van der Waals surface area contributed by atoms with Crippen molar-refractivity contribution in [3.8, 4) is 11.5 Å². The van der Waals surface area contributed by atoms with Crippen molar-refractivity contribution in [2.45, 2.75) is 39.3 Å². The Morgan fingerprint density at radius 2 is 1.76 bits per heavy atom. The monoisotopic (exact) mass is 345 g/mol. The van der Waals surface area contributed by atoms with E-state index in [1.807, 2.05) is 18.2 Å². The highest BCUT2D eigenvalue weighted by Gasteiger charge is 2.20. The second-order valence-electron chi connectivity index (χ2n) is 5.76. The number of halogens is 1. The maximum Gasteiger partial charge on any atom is 0.128 e. The van der Waals surface area contributed by atoms with Crippen LogP contribution in [0.2, 0.25) is 0 Å². The first-order valence-electron chi connectivity index (χ1n) is 7.39. The minimum absolute atomic E-state index is 0.725. The highest BCUT2D eigenvalue weighted by Crippen LogP contribution is 2.29. The van der Waals surface area contributed by atoms with Gasteiger partial charge in [0.15, 0.2) is 0 Å². The normalized spacial score (nSPS) is 14.2. The van der Waals surface area contributed by atoms with Gasteiger partial charge >= 0.3 is 0 Å². The number of aryl methyl sites for hydroxylation is 2. The van der Waals surface area contributed by atoms with Gasteiger partial charge in [0.05, 0.1) is 0 Å². The quantitative estimate of drug-likeness (QED) is 0.812. The fraction of sp³-hybridized carbons (Fsp3) is 0.333. The number of rotatable bonds is 5. The van der Waals surface area contributed by atoms with Crippen molar-refractivity contribution in [3.63, 3.8) is 0 Å². The Balaban J connectivity index is 1.70. The molecule has 3 rings (SSSR count). The number of nitrogens with one attached hydrogen (secondary N) is 1. The Hall–Kier alpha value is -1.32. The van der Waals surface area contributed by atoms with Crippen molar-refractivity contribution in [3.05, 3.63) is 57.6 Å². The molecule has 0 radical (unpaired) electrons. The summed E-state index contributed by atoms with van der Waals surface area (Å²) in [5, 5.41) is 3.53. The lowest BCUT2D eigenvalue weighted by molar-refractivity contribution is 0.481. The van der Waals surface area contributed by atoms with Crippen LogP contribution in [0.1, 0.15) is 29.5 Å². The third-order valence-electron chi connectivity index (χ3n) is 3.90. The van der Waals surface area contributed by atoms with Crippen LogP contribution in [0.3, 0.4) is 0 Å². The van der Waals surface area contributed by atoms with Crippen LogP contribution < -0.4 is 10.1 Å². The van der Waals surface area contributed by atoms with Crippen LogP contribution in [0.5, 0.6) is 11.5 Å². The summed E-state index contributed by atoms with van der Waals surface area (Å²) in [4.78, 5) is 0. The van der Waals surface area contributed by atoms with Crippen molar-refractivity contribution >= 4 is 15.9 Å². The van der Waals surface area contributed by atoms with Crippen molar-refractivity contribution in [2.75, 3.05) is 0 Å². The van der Waals surface area contributed by atoms with E-state index < -0.39 is 0 Å². The Bertz CT molecular complexity index is 650. The van der Waals surface area contributed by atoms with Crippen LogP contribution >= 0.6 is 15.9 Å². The summed E-state index contributed by atoms with van der Waals surface area (Å²) in [6.45, 7) is 5.12. The van der Waals surface area contributed by atoms with E-state index in [1.165, 1.54) is 29.5 Å². The van der Waals surface area contributed by atoms with Gasteiger partial charge in [0.1, 0.15) is 11.5 Å². The molecule has 21 heavy (non-hydrogen) atoms. The molecule has 0 saturated heterocycles. The molecule has 2 aromatic carbocycles. The minimum Gasteiger partial charge on any atom is -0.457 e. The predicted octanol–water partition coefficient (Wildman–Crippen LogP) is 5.11. The lowest BCUT2D eigenvalue weighted by atomic mass is 10.1. The molecule has 0 heterocycles. The van der Waals surface area contributed by atoms with Gasteiger partial charge in [-0.15, -0.1) is 0 Å². The lowest BCUT2D eigenvalue weighted by Crippen LogP contribution is -2.15. The molecule has 0 atom stereocenters. The summed E-state index contributed by atoms with van der Waals surface area (Å²) in [7, 11) is 0. The van der Waals surface area contributed by atoms with Gasteiger partial charge in [0.2, 0.25) is 0 Å². The third-order valence-corrected chi connectivity index (χ3v) is 4.64. The van der Waals surface area contributed by atoms with Crippen LogP contribution in [0.4, 0.5) is 0 Å². The number of hydrogen-bond acceptors (Lipinski definition) is 2. The van der Waals surface area contributed by atoms with E-state index in [9.17, 15) is 0 Å². The molecule has 0 aliphatic heterocycles. The lowest BCUT2D eigenvalue weighted by Gasteiger charge is -2.11. The standard InChI is InChI=1S/C18H20BrNO/c1-12-3-7-16(9-13(12)2)21-17-8-4-14(18(19)10-17)11-20-15-5-6-15/h3-4,7-10,15,20H,5-6,11H2,1-2H3. The molecule has 1 fully saturated rings. The zero-order chi connectivity index (χ0) is 14.8. The molecule has 0 aromatic heterocycles. The number of hydrogen-bond donors (Lipinski definition) is 1. The van der Waals surface area contributed by atoms with Crippen molar-refractivity contribution in [1.29, 1.82) is 0 Å². The van der Waals surface area contributed by atoms with Gasteiger partial charge in [-0.3, -0.25) is 0 Å². The van der Waals surface area contributed by atoms with E-state index >= 15 is 0 Å². The van der Waals surface area contributed by atoms with Gasteiger partial charge in [0, 0.05) is 17.1 Å². The van der Waals surface area contributed by atoms with E-state index in [4.69, 9.17) is 4.74 Å². The zero-order valence-corrected chi connectivity index (χ0v) is 14.0. The first kappa shape index (κ1) is 14.6. The van der Waals surface area contributed by atoms with E-state index in [0.717, 1.165) is 28.6 Å². The van der Waals surface area contributed by atoms with Gasteiger partial charge < -0.3 is 10.1 Å². The third kappa shape index (κ3) is 3.86. The maximum absolute atomic E-state index is 5.94. The first-order chi connectivity index (χ1) is 10.1. The second-order valence-corrected chi connectivity index (χ2v) is 6.61. The molecule has 2 aromatic rings. The van der Waals surface area contributed by atoms with Crippen LogP contribution in [0, 0.1) is 13.8 Å². The molecule has 0 bridgehead atoms. The molecule has 1 aliphatic rings. The van der Waals surface area contributed by atoms with E-state index in [2.05, 4.69) is 53.3 Å². The zero-order valence-electron chi connectivity index (χ0n) is 12.4. The molecule has 0 unspecified atom stereocenters. The highest BCUT2D eigenvalue weighted by molar-refractivity contribution is 9.10. The number of benzene rings is 2. The van der Waals surface area contributed by atoms with Crippen molar-refractivity contribution in [1.82, 2.24) is 5.32 Å². The molecule has 0 amide bonds. The van der Waals surface area contributed by atoms with E-state index in [-0.39, 0.29) is 0 Å². The highest BCUT2D eigenvalue weighted by atomic mass is 79.9. The smallest absolute Gasteiger partial charge is 0.128 e. The Morgan fingerprint density at radius 1 is 1.05 bits per heavy atom. The van der Waals surface area contributed by atoms with Crippen LogP contribution in [0.15, 0.2) is 40.9 Å². The van der Waals surface area contributed by atoms with Gasteiger partial charge in [0.25, 0.3) is 0 Å². The Kier molecular flexibility index (Phi) is 4.32. The first-order valence-corrected chi connectivity index (χ1v) is 8.18. The molecule has 3 heteroatoms. The average molecular weight is 346 g/mol. The van der Waals surface area contributed by atoms with E-state index in [1.54, 1.807) is 0 Å². The molecule has 2 nitrogen and oxygen atoms in total. The Labute approximate surface area is 134 Å². The van der Waals surface area contributed by atoms with Gasteiger partial charge in [-0.1, -0.05) is 28.1 Å². The summed E-state index contributed by atoms with van der Waals surface area (Å²) >= 11 is 3.64. The second kappa shape index (κ2) is 6.20. The largest absolute Gasteiger partial charge is 0.457 e. The summed E-state index contributed by atoms with van der Waals surface area (Å²) < 4.78 is 7.03. The fourth-order valence-corrected chi connectivity index (χ4v) is 2.69. The molecular formula is C18H20BrNO. The molecular weight excluding hydrogens is 326 g/mol. The Morgan fingerprint density at radius 3 is 2.43 bits per heavy atom. The van der Waals surface area contributed by atoms with Gasteiger partial charge in [-0.25, -0.2) is 0 Å². The van der Waals surface area contributed by atoms with Crippen molar-refractivity contribution in [2.24, 2.45) is 0 Å². The molecule has 1 aliphatic carbocycles. The van der Waals surface area contributed by atoms with Crippen LogP contribution in [-0.4, -0.2) is 6.04 Å².